The van der Waals surface area contributed by atoms with Crippen molar-refractivity contribution in [1.82, 2.24) is 0 Å². The summed E-state index contributed by atoms with van der Waals surface area (Å²) in [7, 11) is 1.64. The van der Waals surface area contributed by atoms with Crippen molar-refractivity contribution in [3.8, 4) is 11.5 Å². The van der Waals surface area contributed by atoms with E-state index in [4.69, 9.17) is 15.2 Å². The summed E-state index contributed by atoms with van der Waals surface area (Å²) in [5, 5.41) is 0. The number of hydrogen-bond acceptors (Lipinski definition) is 4. The molecular weight excluding hydrogens is 252 g/mol. The van der Waals surface area contributed by atoms with Crippen LogP contribution in [0.5, 0.6) is 11.5 Å². The fourth-order valence-corrected chi connectivity index (χ4v) is 2.48. The molecule has 20 heavy (non-hydrogen) atoms. The van der Waals surface area contributed by atoms with Gasteiger partial charge in [0.2, 0.25) is 0 Å². The van der Waals surface area contributed by atoms with Gasteiger partial charge in [-0.25, -0.2) is 0 Å². The number of nitrogens with zero attached hydrogens (tertiary/aromatic N) is 1. The molecule has 2 aromatic rings. The van der Waals surface area contributed by atoms with Gasteiger partial charge in [-0.05, 0) is 18.2 Å². The van der Waals surface area contributed by atoms with Gasteiger partial charge >= 0.3 is 0 Å². The van der Waals surface area contributed by atoms with Crippen molar-refractivity contribution in [3.05, 3.63) is 48.0 Å². The lowest BCUT2D eigenvalue weighted by molar-refractivity contribution is 0.331. The highest BCUT2D eigenvalue weighted by molar-refractivity contribution is 5.70. The first-order valence-electron chi connectivity index (χ1n) is 6.67. The minimum absolute atomic E-state index is 0.655. The Morgan fingerprint density at radius 1 is 1.20 bits per heavy atom. The van der Waals surface area contributed by atoms with Crippen molar-refractivity contribution in [1.29, 1.82) is 0 Å². The zero-order chi connectivity index (χ0) is 13.9. The second-order valence-electron chi connectivity index (χ2n) is 4.80. The second kappa shape index (κ2) is 5.33. The Bertz CT molecular complexity index is 613. The molecule has 2 N–H and O–H groups in total. The Morgan fingerprint density at radius 3 is 2.85 bits per heavy atom. The minimum Gasteiger partial charge on any atom is -0.497 e. The molecular formula is C16H18N2O2. The summed E-state index contributed by atoms with van der Waals surface area (Å²) in [5.41, 5.74) is 9.06. The van der Waals surface area contributed by atoms with Gasteiger partial charge in [0.05, 0.1) is 25.0 Å². The van der Waals surface area contributed by atoms with Crippen molar-refractivity contribution in [2.24, 2.45) is 0 Å². The highest BCUT2D eigenvalue weighted by Crippen LogP contribution is 2.31. The summed E-state index contributed by atoms with van der Waals surface area (Å²) < 4.78 is 11.0. The third-order valence-corrected chi connectivity index (χ3v) is 3.53. The van der Waals surface area contributed by atoms with E-state index >= 15 is 0 Å². The van der Waals surface area contributed by atoms with Crippen LogP contribution in [-0.4, -0.2) is 20.3 Å². The zero-order valence-corrected chi connectivity index (χ0v) is 11.5. The lowest BCUT2D eigenvalue weighted by Crippen LogP contribution is -2.26. The normalized spacial score (nSPS) is 14.2. The average molecular weight is 270 g/mol. The van der Waals surface area contributed by atoms with Gasteiger partial charge in [-0.2, -0.15) is 0 Å². The predicted octanol–water partition coefficient (Wildman–Crippen LogP) is 2.68. The molecule has 0 amide bonds. The third-order valence-electron chi connectivity index (χ3n) is 3.53. The maximum atomic E-state index is 6.14. The molecule has 0 spiro atoms. The number of benzene rings is 2. The van der Waals surface area contributed by atoms with Crippen LogP contribution in [0, 0.1) is 0 Å². The molecule has 0 radical (unpaired) electrons. The zero-order valence-electron chi connectivity index (χ0n) is 11.5. The number of anilines is 2. The molecule has 2 aromatic carbocycles. The van der Waals surface area contributed by atoms with Gasteiger partial charge in [0.1, 0.15) is 18.1 Å². The monoisotopic (exact) mass is 270 g/mol. The molecule has 0 fully saturated rings. The first-order valence-corrected chi connectivity index (χ1v) is 6.67. The standard InChI is InChI=1S/C16H18N2O2/c1-19-13-6-7-15(14(17)10-13)18-8-9-20-16-5-3-2-4-12(16)11-18/h2-7,10H,8-9,11,17H2,1H3. The number of methoxy groups -OCH3 is 1. The second-order valence-corrected chi connectivity index (χ2v) is 4.80. The molecule has 0 aromatic heterocycles. The molecule has 1 aliphatic rings. The van der Waals surface area contributed by atoms with E-state index < -0.39 is 0 Å². The van der Waals surface area contributed by atoms with Gasteiger partial charge < -0.3 is 20.1 Å². The van der Waals surface area contributed by atoms with E-state index in [1.807, 2.05) is 36.4 Å². The van der Waals surface area contributed by atoms with Crippen LogP contribution in [0.4, 0.5) is 11.4 Å². The topological polar surface area (TPSA) is 47.7 Å². The minimum atomic E-state index is 0.655. The number of nitrogen functional groups attached to an aromatic ring is 1. The number of nitrogens with two attached hydrogens (primary N) is 1. The lowest BCUT2D eigenvalue weighted by atomic mass is 10.1. The lowest BCUT2D eigenvalue weighted by Gasteiger charge is -2.24. The van der Waals surface area contributed by atoms with E-state index in [0.717, 1.165) is 36.0 Å². The van der Waals surface area contributed by atoms with E-state index in [1.165, 1.54) is 5.56 Å². The van der Waals surface area contributed by atoms with Crippen molar-refractivity contribution in [2.75, 3.05) is 30.9 Å². The molecule has 0 saturated heterocycles. The quantitative estimate of drug-likeness (QED) is 0.852. The Hall–Kier alpha value is -2.36. The first kappa shape index (κ1) is 12.7. The van der Waals surface area contributed by atoms with Gasteiger partial charge in [0.25, 0.3) is 0 Å². The summed E-state index contributed by atoms with van der Waals surface area (Å²) in [6.07, 6.45) is 0. The molecule has 0 aliphatic carbocycles. The predicted molar refractivity (Wildman–Crippen MR) is 80.4 cm³/mol. The van der Waals surface area contributed by atoms with Crippen LogP contribution in [0.25, 0.3) is 0 Å². The maximum Gasteiger partial charge on any atom is 0.124 e. The fraction of sp³-hybridized carbons (Fsp3) is 0.250. The van der Waals surface area contributed by atoms with Crippen LogP contribution in [0.2, 0.25) is 0 Å². The fourth-order valence-electron chi connectivity index (χ4n) is 2.48. The van der Waals surface area contributed by atoms with Crippen molar-refractivity contribution >= 4 is 11.4 Å². The van der Waals surface area contributed by atoms with Crippen LogP contribution < -0.4 is 20.1 Å². The van der Waals surface area contributed by atoms with Crippen molar-refractivity contribution < 1.29 is 9.47 Å². The van der Waals surface area contributed by atoms with E-state index in [0.29, 0.717) is 6.61 Å². The summed E-state index contributed by atoms with van der Waals surface area (Å²) in [6, 6.07) is 13.9. The van der Waals surface area contributed by atoms with E-state index in [9.17, 15) is 0 Å². The van der Waals surface area contributed by atoms with Gasteiger partial charge in [-0.15, -0.1) is 0 Å². The van der Waals surface area contributed by atoms with Crippen molar-refractivity contribution in [2.45, 2.75) is 6.54 Å². The number of fused-ring (bicyclic) bond motifs is 1. The van der Waals surface area contributed by atoms with Crippen molar-refractivity contribution in [3.63, 3.8) is 0 Å². The van der Waals surface area contributed by atoms with Crippen LogP contribution in [0.3, 0.4) is 0 Å². The van der Waals surface area contributed by atoms with Crippen LogP contribution in [-0.2, 0) is 6.54 Å². The van der Waals surface area contributed by atoms with Gasteiger partial charge in [0.15, 0.2) is 0 Å². The highest BCUT2D eigenvalue weighted by Gasteiger charge is 2.17. The Kier molecular flexibility index (Phi) is 3.37. The Morgan fingerprint density at radius 2 is 2.05 bits per heavy atom. The van der Waals surface area contributed by atoms with Gasteiger partial charge in [0, 0.05) is 18.2 Å². The number of ether oxygens (including phenoxy) is 2. The molecule has 0 unspecified atom stereocenters. The summed E-state index contributed by atoms with van der Waals surface area (Å²) in [4.78, 5) is 2.24. The molecule has 0 saturated carbocycles. The number of hydrogen-bond donors (Lipinski definition) is 1. The van der Waals surface area contributed by atoms with Crippen LogP contribution in [0.15, 0.2) is 42.5 Å². The molecule has 1 heterocycles. The smallest absolute Gasteiger partial charge is 0.124 e. The molecule has 3 rings (SSSR count). The third kappa shape index (κ3) is 2.37. The Labute approximate surface area is 118 Å². The van der Waals surface area contributed by atoms with E-state index in [2.05, 4.69) is 11.0 Å². The van der Waals surface area contributed by atoms with Crippen LogP contribution >= 0.6 is 0 Å². The SMILES string of the molecule is COc1ccc(N2CCOc3ccccc3C2)c(N)c1. The van der Waals surface area contributed by atoms with Gasteiger partial charge in [-0.3, -0.25) is 0 Å². The molecule has 4 nitrogen and oxygen atoms in total. The average Bonchev–Trinajstić information content (AvgIpc) is 2.69. The summed E-state index contributed by atoms with van der Waals surface area (Å²) in [5.74, 6) is 1.74. The highest BCUT2D eigenvalue weighted by atomic mass is 16.5. The molecule has 4 heteroatoms. The molecule has 1 aliphatic heterocycles. The molecule has 0 atom stereocenters. The van der Waals surface area contributed by atoms with E-state index in [-0.39, 0.29) is 0 Å². The first-order chi connectivity index (χ1) is 9.78. The maximum absolute atomic E-state index is 6.14. The van der Waals surface area contributed by atoms with Crippen LogP contribution in [0.1, 0.15) is 5.56 Å². The summed E-state index contributed by atoms with van der Waals surface area (Å²) in [6.45, 7) is 2.26. The molecule has 0 bridgehead atoms. The summed E-state index contributed by atoms with van der Waals surface area (Å²) >= 11 is 0. The number of para-hydroxylation sites is 1. The molecule has 104 valence electrons. The van der Waals surface area contributed by atoms with E-state index in [1.54, 1.807) is 7.11 Å². The Balaban J connectivity index is 1.91. The largest absolute Gasteiger partial charge is 0.497 e. The number of rotatable bonds is 2. The van der Waals surface area contributed by atoms with Gasteiger partial charge in [-0.1, -0.05) is 18.2 Å².